The third kappa shape index (κ3) is 4.13. The predicted molar refractivity (Wildman–Crippen MR) is 112 cm³/mol. The van der Waals surface area contributed by atoms with Gasteiger partial charge in [-0.2, -0.15) is 0 Å². The third-order valence-corrected chi connectivity index (χ3v) is 5.12. The van der Waals surface area contributed by atoms with Crippen molar-refractivity contribution < 1.29 is 23.2 Å². The number of benzene rings is 2. The van der Waals surface area contributed by atoms with E-state index in [1.54, 1.807) is 53.6 Å². The van der Waals surface area contributed by atoms with Crippen molar-refractivity contribution in [2.45, 2.75) is 13.1 Å². The number of carbonyl (C=O) groups is 1. The van der Waals surface area contributed by atoms with Gasteiger partial charge in [0.1, 0.15) is 5.69 Å². The zero-order valence-electron chi connectivity index (χ0n) is 16.3. The van der Waals surface area contributed by atoms with Crippen molar-refractivity contribution >= 4 is 17.5 Å². The number of ether oxygens (including phenoxy) is 2. The van der Waals surface area contributed by atoms with E-state index in [-0.39, 0.29) is 19.2 Å². The highest BCUT2D eigenvalue weighted by Crippen LogP contribution is 2.33. The normalized spacial score (nSPS) is 12.2. The van der Waals surface area contributed by atoms with E-state index in [0.717, 1.165) is 5.56 Å². The molecule has 0 saturated carbocycles. The number of amides is 1. The number of hydrogen-bond donors (Lipinski definition) is 0. The van der Waals surface area contributed by atoms with Crippen molar-refractivity contribution in [3.05, 3.63) is 88.8 Å². The van der Waals surface area contributed by atoms with E-state index in [9.17, 15) is 4.79 Å². The van der Waals surface area contributed by atoms with Crippen LogP contribution >= 0.6 is 11.6 Å². The quantitative estimate of drug-likeness (QED) is 0.415. The molecule has 2 aromatic carbocycles. The molecule has 3 heterocycles. The average Bonchev–Trinajstić information content (AvgIpc) is 3.54. The summed E-state index contributed by atoms with van der Waals surface area (Å²) in [6.07, 6.45) is 1.56. The summed E-state index contributed by atoms with van der Waals surface area (Å²) in [6.45, 7) is 0.794. The van der Waals surface area contributed by atoms with E-state index in [1.165, 1.54) is 0 Å². The van der Waals surface area contributed by atoms with Gasteiger partial charge in [-0.1, -0.05) is 22.8 Å². The molecule has 0 atom stereocenters. The van der Waals surface area contributed by atoms with Gasteiger partial charge in [0.25, 0.3) is 5.91 Å². The largest absolute Gasteiger partial charge is 0.461 e. The van der Waals surface area contributed by atoms with Crippen LogP contribution in [0, 0.1) is 0 Å². The molecule has 5 rings (SSSR count). The zero-order valence-corrected chi connectivity index (χ0v) is 17.0. The van der Waals surface area contributed by atoms with Crippen molar-refractivity contribution in [3.8, 4) is 23.0 Å². The van der Waals surface area contributed by atoms with E-state index in [0.29, 0.717) is 45.8 Å². The third-order valence-electron chi connectivity index (χ3n) is 4.86. The highest BCUT2D eigenvalue weighted by atomic mass is 35.5. The number of furan rings is 1. The molecule has 31 heavy (non-hydrogen) atoms. The lowest BCUT2D eigenvalue weighted by molar-refractivity contribution is 0.0726. The summed E-state index contributed by atoms with van der Waals surface area (Å²) >= 11 is 5.98. The Morgan fingerprint density at radius 1 is 0.968 bits per heavy atom. The van der Waals surface area contributed by atoms with Crippen LogP contribution in [0.25, 0.3) is 11.5 Å². The molecule has 0 spiro atoms. The van der Waals surface area contributed by atoms with Crippen LogP contribution < -0.4 is 9.47 Å². The lowest BCUT2D eigenvalue weighted by Gasteiger charge is -2.22. The molecular weight excluding hydrogens is 420 g/mol. The van der Waals surface area contributed by atoms with Crippen LogP contribution in [0.1, 0.15) is 21.6 Å². The van der Waals surface area contributed by atoms with E-state index in [1.807, 2.05) is 18.2 Å². The summed E-state index contributed by atoms with van der Waals surface area (Å²) in [5.41, 5.74) is 2.04. The molecule has 7 nitrogen and oxygen atoms in total. The Hall–Kier alpha value is -3.71. The van der Waals surface area contributed by atoms with Crippen LogP contribution in [0.4, 0.5) is 0 Å². The molecule has 0 N–H and O–H groups in total. The molecular formula is C23H17ClN2O5. The van der Waals surface area contributed by atoms with E-state index < -0.39 is 0 Å². The van der Waals surface area contributed by atoms with Crippen molar-refractivity contribution in [1.82, 2.24) is 10.1 Å². The minimum Gasteiger partial charge on any atom is -0.461 e. The number of hydrogen-bond acceptors (Lipinski definition) is 6. The minimum atomic E-state index is -0.156. The highest BCUT2D eigenvalue weighted by molar-refractivity contribution is 6.30. The van der Waals surface area contributed by atoms with Crippen LogP contribution in [0.3, 0.4) is 0 Å². The Labute approximate surface area is 182 Å². The first-order valence-electron chi connectivity index (χ1n) is 9.58. The van der Waals surface area contributed by atoms with Crippen LogP contribution in [0.5, 0.6) is 11.5 Å². The summed E-state index contributed by atoms with van der Waals surface area (Å²) < 4.78 is 21.6. The summed E-state index contributed by atoms with van der Waals surface area (Å²) in [6, 6.07) is 17.7. The Balaban J connectivity index is 1.42. The van der Waals surface area contributed by atoms with Gasteiger partial charge < -0.3 is 23.3 Å². The fraction of sp³-hybridized carbons (Fsp3) is 0.130. The van der Waals surface area contributed by atoms with Crippen LogP contribution in [-0.2, 0) is 13.1 Å². The molecule has 156 valence electrons. The van der Waals surface area contributed by atoms with Crippen LogP contribution in [-0.4, -0.2) is 22.8 Å². The number of nitrogens with zero attached hydrogens (tertiary/aromatic N) is 2. The molecule has 0 aliphatic carbocycles. The van der Waals surface area contributed by atoms with Crippen molar-refractivity contribution in [1.29, 1.82) is 0 Å². The van der Waals surface area contributed by atoms with E-state index in [4.69, 9.17) is 30.0 Å². The van der Waals surface area contributed by atoms with Gasteiger partial charge in [-0.05, 0) is 54.1 Å². The Bertz CT molecular complexity index is 1200. The molecule has 0 radical (unpaired) electrons. The zero-order chi connectivity index (χ0) is 21.2. The second kappa shape index (κ2) is 8.20. The molecule has 2 aromatic heterocycles. The van der Waals surface area contributed by atoms with Crippen LogP contribution in [0.2, 0.25) is 5.02 Å². The molecule has 0 bridgehead atoms. The predicted octanol–water partition coefficient (Wildman–Crippen LogP) is 5.16. The monoisotopic (exact) mass is 436 g/mol. The topological polar surface area (TPSA) is 77.9 Å². The molecule has 0 unspecified atom stereocenters. The van der Waals surface area contributed by atoms with Gasteiger partial charge in [-0.3, -0.25) is 4.79 Å². The molecule has 0 fully saturated rings. The van der Waals surface area contributed by atoms with Gasteiger partial charge in [-0.15, -0.1) is 0 Å². The van der Waals surface area contributed by atoms with Crippen molar-refractivity contribution in [3.63, 3.8) is 0 Å². The van der Waals surface area contributed by atoms with Gasteiger partial charge in [-0.25, -0.2) is 0 Å². The molecule has 1 aliphatic rings. The number of aromatic nitrogens is 1. The average molecular weight is 437 g/mol. The van der Waals surface area contributed by atoms with Gasteiger partial charge in [0.05, 0.1) is 12.8 Å². The van der Waals surface area contributed by atoms with Gasteiger partial charge in [0.15, 0.2) is 17.3 Å². The fourth-order valence-electron chi connectivity index (χ4n) is 3.35. The minimum absolute atomic E-state index is 0.156. The maximum Gasteiger partial charge on any atom is 0.254 e. The van der Waals surface area contributed by atoms with Crippen molar-refractivity contribution in [2.24, 2.45) is 0 Å². The number of carbonyl (C=O) groups excluding carboxylic acids is 1. The number of rotatable bonds is 6. The first kappa shape index (κ1) is 19.3. The Morgan fingerprint density at radius 3 is 2.61 bits per heavy atom. The first-order chi connectivity index (χ1) is 15.2. The maximum absolute atomic E-state index is 13.3. The number of halogens is 1. The Kier molecular flexibility index (Phi) is 5.09. The second-order valence-corrected chi connectivity index (χ2v) is 7.45. The lowest BCUT2D eigenvalue weighted by Crippen LogP contribution is -2.30. The molecule has 0 saturated heterocycles. The van der Waals surface area contributed by atoms with Gasteiger partial charge in [0.2, 0.25) is 12.6 Å². The van der Waals surface area contributed by atoms with Gasteiger partial charge >= 0.3 is 0 Å². The first-order valence-corrected chi connectivity index (χ1v) is 9.96. The van der Waals surface area contributed by atoms with E-state index in [2.05, 4.69) is 5.16 Å². The standard InChI is InChI=1S/C23H17ClN2O5/c24-17-6-4-16(5-7-17)23(27)26(12-15-3-8-20-21(10-15)30-14-29-20)13-18-11-22(31-25-18)19-2-1-9-28-19/h1-11H,12-14H2. The summed E-state index contributed by atoms with van der Waals surface area (Å²) in [4.78, 5) is 15.0. The van der Waals surface area contributed by atoms with Crippen molar-refractivity contribution in [2.75, 3.05) is 6.79 Å². The van der Waals surface area contributed by atoms with Gasteiger partial charge in [0, 0.05) is 23.2 Å². The molecule has 8 heteroatoms. The SMILES string of the molecule is O=C(c1ccc(Cl)cc1)N(Cc1ccc2c(c1)OCO2)Cc1cc(-c2ccco2)on1. The fourth-order valence-corrected chi connectivity index (χ4v) is 3.48. The summed E-state index contributed by atoms with van der Waals surface area (Å²) in [5, 5.41) is 4.67. The highest BCUT2D eigenvalue weighted by Gasteiger charge is 2.21. The number of fused-ring (bicyclic) bond motifs is 1. The smallest absolute Gasteiger partial charge is 0.254 e. The lowest BCUT2D eigenvalue weighted by atomic mass is 10.1. The van der Waals surface area contributed by atoms with Crippen LogP contribution in [0.15, 0.2) is 75.9 Å². The molecule has 1 amide bonds. The molecule has 1 aliphatic heterocycles. The maximum atomic E-state index is 13.3. The summed E-state index contributed by atoms with van der Waals surface area (Å²) in [5.74, 6) is 2.28. The second-order valence-electron chi connectivity index (χ2n) is 7.02. The van der Waals surface area contributed by atoms with E-state index >= 15 is 0 Å². The Morgan fingerprint density at radius 2 is 1.81 bits per heavy atom. The summed E-state index contributed by atoms with van der Waals surface area (Å²) in [7, 11) is 0. The molecule has 4 aromatic rings.